The molecule has 0 radical (unpaired) electrons. The van der Waals surface area contributed by atoms with E-state index < -0.39 is 5.97 Å². The van der Waals surface area contributed by atoms with Crippen LogP contribution in [0.1, 0.15) is 22.0 Å². The van der Waals surface area contributed by atoms with Crippen LogP contribution in [-0.2, 0) is 17.2 Å². The quantitative estimate of drug-likeness (QED) is 0.206. The van der Waals surface area contributed by atoms with Crippen molar-refractivity contribution in [2.45, 2.75) is 17.6 Å². The van der Waals surface area contributed by atoms with Crippen molar-refractivity contribution in [3.8, 4) is 5.75 Å². The van der Waals surface area contributed by atoms with Gasteiger partial charge >= 0.3 is 5.97 Å². The minimum Gasteiger partial charge on any atom is -0.486 e. The minimum atomic E-state index is -0.489. The number of furan rings is 1. The van der Waals surface area contributed by atoms with Gasteiger partial charge in [0.1, 0.15) is 30.2 Å². The van der Waals surface area contributed by atoms with Crippen molar-refractivity contribution in [1.29, 1.82) is 0 Å². The molecular weight excluding hydrogens is 456 g/mol. The van der Waals surface area contributed by atoms with Crippen molar-refractivity contribution in [3.05, 3.63) is 77.2 Å². The zero-order chi connectivity index (χ0) is 22.3. The zero-order valence-corrected chi connectivity index (χ0v) is 18.4. The molecule has 0 fully saturated rings. The van der Waals surface area contributed by atoms with Gasteiger partial charge in [-0.1, -0.05) is 29.4 Å². The van der Waals surface area contributed by atoms with Gasteiger partial charge in [0, 0.05) is 11.2 Å². The molecule has 3 heterocycles. The molecule has 12 heteroatoms. The van der Waals surface area contributed by atoms with Crippen LogP contribution in [0.2, 0.25) is 5.02 Å². The Balaban J connectivity index is 1.33. The summed E-state index contributed by atoms with van der Waals surface area (Å²) >= 11 is 7.30. The minimum absolute atomic E-state index is 0.237. The molecule has 0 N–H and O–H groups in total. The van der Waals surface area contributed by atoms with Gasteiger partial charge in [-0.05, 0) is 36.4 Å². The van der Waals surface area contributed by atoms with Crippen LogP contribution in [0.4, 0.5) is 0 Å². The van der Waals surface area contributed by atoms with E-state index in [4.69, 9.17) is 20.8 Å². The molecular formula is C20H17ClN6O4S. The number of hydrogen-bond donors (Lipinski definition) is 0. The first-order valence-corrected chi connectivity index (χ1v) is 10.6. The lowest BCUT2D eigenvalue weighted by molar-refractivity contribution is 0.0593. The molecule has 0 saturated carbocycles. The topological polar surface area (TPSA) is 110 Å². The molecule has 0 aliphatic carbocycles. The highest BCUT2D eigenvalue weighted by Gasteiger charge is 2.10. The number of esters is 1. The summed E-state index contributed by atoms with van der Waals surface area (Å²) < 4.78 is 19.1. The molecule has 10 nitrogen and oxygen atoms in total. The van der Waals surface area contributed by atoms with Gasteiger partial charge in [0.25, 0.3) is 0 Å². The molecule has 3 aromatic heterocycles. The molecule has 0 unspecified atom stereocenters. The van der Waals surface area contributed by atoms with Gasteiger partial charge < -0.3 is 13.9 Å². The van der Waals surface area contributed by atoms with Gasteiger partial charge in [-0.2, -0.15) is 14.9 Å². The van der Waals surface area contributed by atoms with Gasteiger partial charge in [-0.15, -0.1) is 10.2 Å². The molecule has 0 bridgehead atoms. The van der Waals surface area contributed by atoms with E-state index in [1.807, 2.05) is 18.2 Å². The van der Waals surface area contributed by atoms with E-state index >= 15 is 0 Å². The first kappa shape index (κ1) is 21.7. The Hall–Kier alpha value is -3.57. The average Bonchev–Trinajstić information content (AvgIpc) is 3.55. The summed E-state index contributed by atoms with van der Waals surface area (Å²) in [5.41, 5.74) is 0.237. The SMILES string of the molecule is COC(=O)c1ccn(CSc2nncn2/N=C/c2ccc(COc3cccc(Cl)c3)o2)n1. The Bertz CT molecular complexity index is 1230. The molecule has 164 valence electrons. The van der Waals surface area contributed by atoms with Crippen molar-refractivity contribution in [2.75, 3.05) is 7.11 Å². The second kappa shape index (κ2) is 10.2. The Kier molecular flexibility index (Phi) is 6.87. The maximum atomic E-state index is 11.5. The Morgan fingerprint density at radius 2 is 2.22 bits per heavy atom. The predicted molar refractivity (Wildman–Crippen MR) is 117 cm³/mol. The number of halogens is 1. The van der Waals surface area contributed by atoms with E-state index in [1.54, 1.807) is 41.4 Å². The van der Waals surface area contributed by atoms with Crippen LogP contribution in [0.25, 0.3) is 0 Å². The van der Waals surface area contributed by atoms with Crippen molar-refractivity contribution >= 4 is 35.5 Å². The first-order valence-electron chi connectivity index (χ1n) is 9.27. The second-order valence-corrected chi connectivity index (χ2v) is 7.61. The molecule has 0 saturated heterocycles. The fraction of sp³-hybridized carbons (Fsp3) is 0.150. The average molecular weight is 473 g/mol. The molecule has 0 spiro atoms. The number of rotatable bonds is 9. The van der Waals surface area contributed by atoms with E-state index in [0.717, 1.165) is 0 Å². The van der Waals surface area contributed by atoms with Crippen LogP contribution in [0.5, 0.6) is 5.75 Å². The van der Waals surface area contributed by atoms with Gasteiger partial charge in [-0.3, -0.25) is 4.68 Å². The van der Waals surface area contributed by atoms with Crippen LogP contribution in [0.3, 0.4) is 0 Å². The molecule has 0 amide bonds. The number of carbonyl (C=O) groups is 1. The second-order valence-electron chi connectivity index (χ2n) is 6.26. The molecule has 4 rings (SSSR count). The van der Waals surface area contributed by atoms with Crippen LogP contribution < -0.4 is 4.74 Å². The Morgan fingerprint density at radius 3 is 3.06 bits per heavy atom. The van der Waals surface area contributed by atoms with Crippen LogP contribution in [0.15, 0.2) is 69.7 Å². The third-order valence-electron chi connectivity index (χ3n) is 4.03. The van der Waals surface area contributed by atoms with Crippen molar-refractivity contribution in [3.63, 3.8) is 0 Å². The number of nitrogens with zero attached hydrogens (tertiary/aromatic N) is 6. The third kappa shape index (κ3) is 5.56. The molecule has 0 aliphatic heterocycles. The fourth-order valence-electron chi connectivity index (χ4n) is 2.54. The van der Waals surface area contributed by atoms with Gasteiger partial charge in [0.15, 0.2) is 5.69 Å². The number of hydrogen-bond acceptors (Lipinski definition) is 9. The summed E-state index contributed by atoms with van der Waals surface area (Å²) in [6, 6.07) is 12.3. The Morgan fingerprint density at radius 1 is 1.31 bits per heavy atom. The molecule has 0 aliphatic rings. The van der Waals surface area contributed by atoms with Crippen molar-refractivity contribution in [1.82, 2.24) is 24.7 Å². The normalized spacial score (nSPS) is 11.2. The number of aromatic nitrogens is 5. The maximum absolute atomic E-state index is 11.5. The largest absolute Gasteiger partial charge is 0.486 e. The van der Waals surface area contributed by atoms with Crippen LogP contribution in [0, 0.1) is 0 Å². The molecule has 32 heavy (non-hydrogen) atoms. The number of benzene rings is 1. The van der Waals surface area contributed by atoms with Crippen LogP contribution in [-0.4, -0.2) is 43.9 Å². The number of methoxy groups -OCH3 is 1. The van der Waals surface area contributed by atoms with Gasteiger partial charge in [0.2, 0.25) is 5.16 Å². The van der Waals surface area contributed by atoms with E-state index in [-0.39, 0.29) is 12.3 Å². The van der Waals surface area contributed by atoms with E-state index in [2.05, 4.69) is 25.1 Å². The monoisotopic (exact) mass is 472 g/mol. The van der Waals surface area contributed by atoms with Gasteiger partial charge in [-0.25, -0.2) is 4.79 Å². The Labute approximate surface area is 191 Å². The summed E-state index contributed by atoms with van der Waals surface area (Å²) in [6.45, 7) is 0.263. The summed E-state index contributed by atoms with van der Waals surface area (Å²) in [4.78, 5) is 11.5. The fourth-order valence-corrected chi connectivity index (χ4v) is 3.44. The first-order chi connectivity index (χ1) is 15.6. The smallest absolute Gasteiger partial charge is 0.358 e. The van der Waals surface area contributed by atoms with Crippen LogP contribution >= 0.6 is 23.4 Å². The summed E-state index contributed by atoms with van der Waals surface area (Å²) in [7, 11) is 1.31. The highest BCUT2D eigenvalue weighted by molar-refractivity contribution is 7.98. The highest BCUT2D eigenvalue weighted by Crippen LogP contribution is 2.19. The lowest BCUT2D eigenvalue weighted by Gasteiger charge is -2.03. The molecule has 4 aromatic rings. The summed E-state index contributed by atoms with van der Waals surface area (Å²) in [5, 5.41) is 17.6. The molecule has 0 atom stereocenters. The van der Waals surface area contributed by atoms with E-state index in [9.17, 15) is 4.79 Å². The van der Waals surface area contributed by atoms with Crippen molar-refractivity contribution in [2.24, 2.45) is 5.10 Å². The lowest BCUT2D eigenvalue weighted by atomic mass is 10.3. The predicted octanol–water partition coefficient (Wildman–Crippen LogP) is 3.72. The molecule has 1 aromatic carbocycles. The standard InChI is InChI=1S/C20H17ClN6O4S/c1-29-19(28)18-7-8-26(25-18)13-32-20-24-22-12-27(20)23-10-16-5-6-17(31-16)11-30-15-4-2-3-14(21)9-15/h2-10,12H,11,13H2,1H3/b23-10+. The maximum Gasteiger partial charge on any atom is 0.358 e. The van der Waals surface area contributed by atoms with E-state index in [1.165, 1.54) is 29.9 Å². The zero-order valence-electron chi connectivity index (χ0n) is 16.8. The highest BCUT2D eigenvalue weighted by atomic mass is 35.5. The van der Waals surface area contributed by atoms with E-state index in [0.29, 0.717) is 33.3 Å². The lowest BCUT2D eigenvalue weighted by Crippen LogP contribution is -2.04. The number of ether oxygens (including phenoxy) is 2. The number of carbonyl (C=O) groups excluding carboxylic acids is 1. The van der Waals surface area contributed by atoms with Gasteiger partial charge in [0.05, 0.1) is 19.2 Å². The third-order valence-corrected chi connectivity index (χ3v) is 5.19. The summed E-state index contributed by atoms with van der Waals surface area (Å²) in [5.74, 6) is 1.78. The summed E-state index contributed by atoms with van der Waals surface area (Å²) in [6.07, 6.45) is 4.71. The number of thioether (sulfide) groups is 1. The van der Waals surface area contributed by atoms with Crippen molar-refractivity contribution < 1.29 is 18.7 Å².